The van der Waals surface area contributed by atoms with E-state index in [1.54, 1.807) is 23.1 Å². The van der Waals surface area contributed by atoms with Gasteiger partial charge in [-0.05, 0) is 12.8 Å². The maximum absolute atomic E-state index is 9.21. The average Bonchev–Trinajstić information content (AvgIpc) is 2.87. The summed E-state index contributed by atoms with van der Waals surface area (Å²) in [5.41, 5.74) is 0.512. The van der Waals surface area contributed by atoms with E-state index < -0.39 is 0 Å². The van der Waals surface area contributed by atoms with Gasteiger partial charge in [-0.15, -0.1) is 10.2 Å². The number of hydrogen-bond donors (Lipinski definition) is 2. The van der Waals surface area contributed by atoms with Crippen LogP contribution in [-0.4, -0.2) is 36.8 Å². The molecule has 6 heteroatoms. The highest BCUT2D eigenvalue weighted by atomic mass is 16.3. The maximum Gasteiger partial charge on any atom is 0.203 e. The summed E-state index contributed by atoms with van der Waals surface area (Å²) in [6.07, 6.45) is 7.05. The Morgan fingerprint density at radius 1 is 1.53 bits per heavy atom. The van der Waals surface area contributed by atoms with Gasteiger partial charge in [0.05, 0.1) is 12.1 Å². The molecule has 2 N–H and O–H groups in total. The number of nitrogens with zero attached hydrogens (tertiary/aromatic N) is 4. The summed E-state index contributed by atoms with van der Waals surface area (Å²) in [7, 11) is 0. The number of hydrogen-bond acceptors (Lipinski definition) is 5. The molecule has 15 heavy (non-hydrogen) atoms. The third kappa shape index (κ3) is 1.33. The first-order chi connectivity index (χ1) is 7.33. The summed E-state index contributed by atoms with van der Waals surface area (Å²) in [6.45, 7) is 0.129. The van der Waals surface area contributed by atoms with E-state index >= 15 is 0 Å². The number of anilines is 1. The van der Waals surface area contributed by atoms with E-state index in [1.165, 1.54) is 0 Å². The molecule has 2 aromatic heterocycles. The quantitative estimate of drug-likeness (QED) is 0.741. The van der Waals surface area contributed by atoms with E-state index in [-0.39, 0.29) is 12.1 Å². The topological polar surface area (TPSA) is 75.3 Å². The van der Waals surface area contributed by atoms with Gasteiger partial charge in [0.25, 0.3) is 0 Å². The first-order valence-corrected chi connectivity index (χ1v) is 4.86. The van der Waals surface area contributed by atoms with Crippen molar-refractivity contribution in [3.05, 3.63) is 18.7 Å². The molecule has 0 amide bonds. The van der Waals surface area contributed by atoms with Gasteiger partial charge in [0.2, 0.25) is 5.65 Å². The lowest BCUT2D eigenvalue weighted by molar-refractivity contribution is 0.266. The van der Waals surface area contributed by atoms with Crippen molar-refractivity contribution in [1.29, 1.82) is 0 Å². The van der Waals surface area contributed by atoms with Crippen molar-refractivity contribution < 1.29 is 5.11 Å². The van der Waals surface area contributed by atoms with Crippen molar-refractivity contribution in [2.24, 2.45) is 0 Å². The molecule has 6 nitrogen and oxygen atoms in total. The third-order valence-corrected chi connectivity index (χ3v) is 2.76. The normalized spacial score (nSPS) is 17.9. The van der Waals surface area contributed by atoms with Gasteiger partial charge in [0, 0.05) is 12.4 Å². The summed E-state index contributed by atoms with van der Waals surface area (Å²) < 4.78 is 1.79. The van der Waals surface area contributed by atoms with E-state index in [2.05, 4.69) is 20.5 Å². The van der Waals surface area contributed by atoms with E-state index in [1.807, 2.05) is 0 Å². The molecule has 0 bridgehead atoms. The van der Waals surface area contributed by atoms with Crippen LogP contribution < -0.4 is 5.32 Å². The van der Waals surface area contributed by atoms with E-state index in [0.717, 1.165) is 12.8 Å². The van der Waals surface area contributed by atoms with Crippen LogP contribution in [-0.2, 0) is 0 Å². The Labute approximate surface area is 86.0 Å². The average molecular weight is 205 g/mol. The number of fused-ring (bicyclic) bond motifs is 1. The second-order valence-electron chi connectivity index (χ2n) is 3.90. The van der Waals surface area contributed by atoms with Gasteiger partial charge in [-0.1, -0.05) is 0 Å². The van der Waals surface area contributed by atoms with Crippen LogP contribution in [0.5, 0.6) is 0 Å². The van der Waals surface area contributed by atoms with Crippen LogP contribution in [0.15, 0.2) is 18.7 Å². The standard InChI is InChI=1S/C9H11N5O/c15-5-9(1-2-9)12-7-8-13-11-6-14(8)4-3-10-7/h3-4,6,15H,1-2,5H2,(H,10,12). The van der Waals surface area contributed by atoms with Crippen molar-refractivity contribution in [3.63, 3.8) is 0 Å². The van der Waals surface area contributed by atoms with Crippen molar-refractivity contribution in [2.45, 2.75) is 18.4 Å². The molecule has 3 rings (SSSR count). The molecule has 1 aliphatic carbocycles. The molecule has 0 unspecified atom stereocenters. The van der Waals surface area contributed by atoms with Gasteiger partial charge < -0.3 is 10.4 Å². The summed E-state index contributed by atoms with van der Waals surface area (Å²) >= 11 is 0. The molecular weight excluding hydrogens is 194 g/mol. The highest BCUT2D eigenvalue weighted by Gasteiger charge is 2.42. The van der Waals surface area contributed by atoms with Gasteiger partial charge in [-0.3, -0.25) is 4.40 Å². The Bertz CT molecular complexity index is 490. The van der Waals surface area contributed by atoms with Gasteiger partial charge in [-0.25, -0.2) is 4.98 Å². The van der Waals surface area contributed by atoms with Crippen molar-refractivity contribution in [1.82, 2.24) is 19.6 Å². The number of aliphatic hydroxyl groups excluding tert-OH is 1. The Hall–Kier alpha value is -1.69. The molecule has 1 fully saturated rings. The lowest BCUT2D eigenvalue weighted by Gasteiger charge is -2.14. The molecule has 78 valence electrons. The lowest BCUT2D eigenvalue weighted by atomic mass is 10.3. The first kappa shape index (κ1) is 8.60. The zero-order chi connectivity index (χ0) is 10.3. The fourth-order valence-electron chi connectivity index (χ4n) is 1.57. The number of rotatable bonds is 3. The Morgan fingerprint density at radius 3 is 3.13 bits per heavy atom. The molecule has 0 atom stereocenters. The first-order valence-electron chi connectivity index (χ1n) is 4.86. The second-order valence-corrected chi connectivity index (χ2v) is 3.90. The minimum atomic E-state index is -0.180. The van der Waals surface area contributed by atoms with Crippen LogP contribution in [0.4, 0.5) is 5.82 Å². The molecule has 1 saturated carbocycles. The molecule has 2 aromatic rings. The van der Waals surface area contributed by atoms with Crippen molar-refractivity contribution >= 4 is 11.5 Å². The smallest absolute Gasteiger partial charge is 0.203 e. The SMILES string of the molecule is OCC1(Nc2nccn3cnnc23)CC1. The Balaban J connectivity index is 2.00. The highest BCUT2D eigenvalue weighted by Crippen LogP contribution is 2.38. The number of aromatic nitrogens is 4. The van der Waals surface area contributed by atoms with Crippen LogP contribution in [0.25, 0.3) is 5.65 Å². The lowest BCUT2D eigenvalue weighted by Crippen LogP contribution is -2.26. The molecule has 2 heterocycles. The summed E-state index contributed by atoms with van der Waals surface area (Å²) in [6, 6.07) is 0. The maximum atomic E-state index is 9.21. The summed E-state index contributed by atoms with van der Waals surface area (Å²) in [5.74, 6) is 0.682. The zero-order valence-electron chi connectivity index (χ0n) is 8.09. The minimum absolute atomic E-state index is 0.129. The summed E-state index contributed by atoms with van der Waals surface area (Å²) in [5, 5.41) is 20.2. The largest absolute Gasteiger partial charge is 0.394 e. The Kier molecular flexibility index (Phi) is 1.66. The van der Waals surface area contributed by atoms with E-state index in [0.29, 0.717) is 11.5 Å². The monoisotopic (exact) mass is 205 g/mol. The van der Waals surface area contributed by atoms with Crippen molar-refractivity contribution in [3.8, 4) is 0 Å². The van der Waals surface area contributed by atoms with Crippen LogP contribution in [0.3, 0.4) is 0 Å². The molecule has 0 spiro atoms. The number of nitrogens with one attached hydrogen (secondary N) is 1. The van der Waals surface area contributed by atoms with Crippen LogP contribution in [0.1, 0.15) is 12.8 Å². The van der Waals surface area contributed by atoms with Crippen LogP contribution >= 0.6 is 0 Å². The van der Waals surface area contributed by atoms with Crippen molar-refractivity contribution in [2.75, 3.05) is 11.9 Å². The fraction of sp³-hybridized carbons (Fsp3) is 0.444. The van der Waals surface area contributed by atoms with E-state index in [9.17, 15) is 5.11 Å². The molecular formula is C9H11N5O. The molecule has 0 radical (unpaired) electrons. The third-order valence-electron chi connectivity index (χ3n) is 2.76. The van der Waals surface area contributed by atoms with E-state index in [4.69, 9.17) is 0 Å². The highest BCUT2D eigenvalue weighted by molar-refractivity contribution is 5.63. The van der Waals surface area contributed by atoms with Gasteiger partial charge in [0.15, 0.2) is 5.82 Å². The minimum Gasteiger partial charge on any atom is -0.394 e. The predicted molar refractivity (Wildman–Crippen MR) is 53.5 cm³/mol. The zero-order valence-corrected chi connectivity index (χ0v) is 8.09. The van der Waals surface area contributed by atoms with Crippen LogP contribution in [0.2, 0.25) is 0 Å². The Morgan fingerprint density at radius 2 is 2.40 bits per heavy atom. The van der Waals surface area contributed by atoms with Gasteiger partial charge in [-0.2, -0.15) is 0 Å². The molecule has 0 aliphatic heterocycles. The predicted octanol–water partition coefficient (Wildman–Crippen LogP) is 0.0611. The summed E-state index contributed by atoms with van der Waals surface area (Å²) in [4.78, 5) is 4.21. The van der Waals surface area contributed by atoms with Gasteiger partial charge >= 0.3 is 0 Å². The van der Waals surface area contributed by atoms with Gasteiger partial charge in [0.1, 0.15) is 6.33 Å². The molecule has 0 saturated heterocycles. The number of aliphatic hydroxyl groups is 1. The fourth-order valence-corrected chi connectivity index (χ4v) is 1.57. The second kappa shape index (κ2) is 2.90. The van der Waals surface area contributed by atoms with Crippen LogP contribution in [0, 0.1) is 0 Å². The molecule has 0 aromatic carbocycles. The molecule has 1 aliphatic rings.